The van der Waals surface area contributed by atoms with E-state index in [-0.39, 0.29) is 5.91 Å². The van der Waals surface area contributed by atoms with E-state index >= 15 is 0 Å². The molecule has 0 saturated heterocycles. The van der Waals surface area contributed by atoms with E-state index in [1.54, 1.807) is 30.4 Å². The molecule has 0 aliphatic rings. The fourth-order valence-electron chi connectivity index (χ4n) is 1.86. The summed E-state index contributed by atoms with van der Waals surface area (Å²) in [4.78, 5) is 22.3. The van der Waals surface area contributed by atoms with Crippen LogP contribution in [-0.2, 0) is 13.6 Å². The van der Waals surface area contributed by atoms with Crippen LogP contribution >= 0.6 is 0 Å². The smallest absolute Gasteiger partial charge is 0.272 e. The number of anilines is 1. The number of nitrogens with zero attached hydrogens (tertiary/aromatic N) is 4. The van der Waals surface area contributed by atoms with Crippen LogP contribution in [0.15, 0.2) is 30.7 Å². The van der Waals surface area contributed by atoms with Gasteiger partial charge in [0.15, 0.2) is 0 Å². The van der Waals surface area contributed by atoms with E-state index in [1.807, 2.05) is 30.8 Å². The molecule has 0 aliphatic carbocycles. The van der Waals surface area contributed by atoms with Gasteiger partial charge in [0.25, 0.3) is 5.91 Å². The second-order valence-electron chi connectivity index (χ2n) is 4.58. The van der Waals surface area contributed by atoms with E-state index in [1.165, 1.54) is 0 Å². The highest BCUT2D eigenvalue weighted by atomic mass is 16.2. The van der Waals surface area contributed by atoms with Crippen molar-refractivity contribution in [3.63, 3.8) is 0 Å². The Kier molecular flexibility index (Phi) is 4.34. The predicted molar refractivity (Wildman–Crippen MR) is 77.4 cm³/mol. The van der Waals surface area contributed by atoms with E-state index in [2.05, 4.69) is 15.3 Å². The Bertz CT molecular complexity index is 576. The summed E-state index contributed by atoms with van der Waals surface area (Å²) < 4.78 is 1.89. The van der Waals surface area contributed by atoms with Crippen molar-refractivity contribution in [3.05, 3.63) is 42.2 Å². The number of pyridine rings is 1. The molecule has 0 unspecified atom stereocenters. The Hall–Kier alpha value is -2.37. The van der Waals surface area contributed by atoms with E-state index in [0.29, 0.717) is 12.2 Å². The number of rotatable bonds is 5. The molecule has 2 aromatic heterocycles. The summed E-state index contributed by atoms with van der Waals surface area (Å²) in [5.74, 6) is 0.723. The first-order valence-corrected chi connectivity index (χ1v) is 6.53. The maximum absolute atomic E-state index is 12.3. The van der Waals surface area contributed by atoms with Gasteiger partial charge in [0, 0.05) is 33.0 Å². The Morgan fingerprint density at radius 3 is 2.75 bits per heavy atom. The lowest BCUT2D eigenvalue weighted by molar-refractivity contribution is 0.0775. The van der Waals surface area contributed by atoms with Crippen LogP contribution in [0.25, 0.3) is 0 Å². The minimum Gasteiger partial charge on any atom is -0.384 e. The third-order valence-corrected chi connectivity index (χ3v) is 3.01. The maximum Gasteiger partial charge on any atom is 0.272 e. The molecule has 106 valence electrons. The standard InChI is InChI=1S/C14H19N5O/c1-4-15-11-5-6-12(17-9-11)14(20)19(3)10-13-16-7-8-18(13)2/h5-9,15H,4,10H2,1-3H3. The Morgan fingerprint density at radius 1 is 1.40 bits per heavy atom. The molecule has 0 radical (unpaired) electrons. The molecule has 1 amide bonds. The van der Waals surface area contributed by atoms with Gasteiger partial charge >= 0.3 is 0 Å². The topological polar surface area (TPSA) is 63.1 Å². The molecule has 6 heteroatoms. The molecule has 0 atom stereocenters. The first-order valence-electron chi connectivity index (χ1n) is 6.53. The van der Waals surface area contributed by atoms with Crippen molar-refractivity contribution in [2.45, 2.75) is 13.5 Å². The van der Waals surface area contributed by atoms with Gasteiger partial charge in [-0.2, -0.15) is 0 Å². The van der Waals surface area contributed by atoms with Crippen molar-refractivity contribution in [2.24, 2.45) is 7.05 Å². The molecule has 0 spiro atoms. The number of carbonyl (C=O) groups excluding carboxylic acids is 1. The summed E-state index contributed by atoms with van der Waals surface area (Å²) in [5.41, 5.74) is 1.35. The average molecular weight is 273 g/mol. The largest absolute Gasteiger partial charge is 0.384 e. The van der Waals surface area contributed by atoms with Gasteiger partial charge < -0.3 is 14.8 Å². The summed E-state index contributed by atoms with van der Waals surface area (Å²) in [6, 6.07) is 3.59. The zero-order valence-electron chi connectivity index (χ0n) is 12.0. The molecule has 2 rings (SSSR count). The Morgan fingerprint density at radius 2 is 2.20 bits per heavy atom. The van der Waals surface area contributed by atoms with Crippen LogP contribution < -0.4 is 5.32 Å². The van der Waals surface area contributed by atoms with Gasteiger partial charge in [0.2, 0.25) is 0 Å². The average Bonchev–Trinajstić information content (AvgIpc) is 2.85. The monoisotopic (exact) mass is 273 g/mol. The van der Waals surface area contributed by atoms with Crippen molar-refractivity contribution >= 4 is 11.6 Å². The van der Waals surface area contributed by atoms with E-state index in [4.69, 9.17) is 0 Å². The van der Waals surface area contributed by atoms with Gasteiger partial charge in [-0.15, -0.1) is 0 Å². The summed E-state index contributed by atoms with van der Waals surface area (Å²) in [5, 5.41) is 3.15. The SMILES string of the molecule is CCNc1ccc(C(=O)N(C)Cc2nccn2C)nc1. The van der Waals surface area contributed by atoms with Crippen molar-refractivity contribution in [2.75, 3.05) is 18.9 Å². The third kappa shape index (κ3) is 3.14. The highest BCUT2D eigenvalue weighted by molar-refractivity contribution is 5.92. The van der Waals surface area contributed by atoms with Gasteiger partial charge in [-0.25, -0.2) is 9.97 Å². The Balaban J connectivity index is 2.04. The van der Waals surface area contributed by atoms with Crippen molar-refractivity contribution in [1.29, 1.82) is 0 Å². The molecule has 6 nitrogen and oxygen atoms in total. The van der Waals surface area contributed by atoms with Gasteiger partial charge in [0.1, 0.15) is 11.5 Å². The molecule has 2 aromatic rings. The Labute approximate surface area is 118 Å². The molecule has 0 aliphatic heterocycles. The summed E-state index contributed by atoms with van der Waals surface area (Å²) in [6.07, 6.45) is 5.25. The van der Waals surface area contributed by atoms with Gasteiger partial charge in [-0.3, -0.25) is 4.79 Å². The number of hydrogen-bond donors (Lipinski definition) is 1. The normalized spacial score (nSPS) is 10.3. The van der Waals surface area contributed by atoms with E-state index in [0.717, 1.165) is 18.1 Å². The second kappa shape index (κ2) is 6.18. The van der Waals surface area contributed by atoms with Crippen molar-refractivity contribution < 1.29 is 4.79 Å². The summed E-state index contributed by atoms with van der Waals surface area (Å²) in [7, 11) is 3.65. The highest BCUT2D eigenvalue weighted by Crippen LogP contribution is 2.09. The molecule has 20 heavy (non-hydrogen) atoms. The molecule has 0 bridgehead atoms. The van der Waals surface area contributed by atoms with Crippen molar-refractivity contribution in [1.82, 2.24) is 19.4 Å². The molecule has 0 fully saturated rings. The minimum absolute atomic E-state index is 0.115. The van der Waals surface area contributed by atoms with Crippen LogP contribution in [0.4, 0.5) is 5.69 Å². The predicted octanol–water partition coefficient (Wildman–Crippen LogP) is 1.52. The summed E-state index contributed by atoms with van der Waals surface area (Å²) in [6.45, 7) is 3.30. The van der Waals surface area contributed by atoms with Gasteiger partial charge in [-0.05, 0) is 19.1 Å². The first kappa shape index (κ1) is 14.0. The van der Waals surface area contributed by atoms with Gasteiger partial charge in [0.05, 0.1) is 18.4 Å². The lowest BCUT2D eigenvalue weighted by Gasteiger charge is -2.16. The van der Waals surface area contributed by atoms with Crippen LogP contribution in [0.5, 0.6) is 0 Å². The summed E-state index contributed by atoms with van der Waals surface area (Å²) >= 11 is 0. The minimum atomic E-state index is -0.115. The quantitative estimate of drug-likeness (QED) is 0.897. The number of carbonyl (C=O) groups is 1. The number of aryl methyl sites for hydroxylation is 1. The molecule has 0 aromatic carbocycles. The first-order chi connectivity index (χ1) is 9.61. The lowest BCUT2D eigenvalue weighted by atomic mass is 10.3. The molecule has 0 saturated carbocycles. The van der Waals surface area contributed by atoms with Crippen LogP contribution in [0.3, 0.4) is 0 Å². The van der Waals surface area contributed by atoms with Gasteiger partial charge in [-0.1, -0.05) is 0 Å². The number of imidazole rings is 1. The zero-order chi connectivity index (χ0) is 14.5. The van der Waals surface area contributed by atoms with Crippen LogP contribution in [0, 0.1) is 0 Å². The number of amides is 1. The van der Waals surface area contributed by atoms with E-state index in [9.17, 15) is 4.79 Å². The second-order valence-corrected chi connectivity index (χ2v) is 4.58. The molecule has 2 heterocycles. The third-order valence-electron chi connectivity index (χ3n) is 3.01. The molecular weight excluding hydrogens is 254 g/mol. The number of aromatic nitrogens is 3. The zero-order valence-corrected chi connectivity index (χ0v) is 12.0. The number of nitrogens with one attached hydrogen (secondary N) is 1. The number of hydrogen-bond acceptors (Lipinski definition) is 4. The fraction of sp³-hybridized carbons (Fsp3) is 0.357. The van der Waals surface area contributed by atoms with Crippen LogP contribution in [0.2, 0.25) is 0 Å². The van der Waals surface area contributed by atoms with Crippen LogP contribution in [-0.4, -0.2) is 38.9 Å². The van der Waals surface area contributed by atoms with Crippen LogP contribution in [0.1, 0.15) is 23.2 Å². The highest BCUT2D eigenvalue weighted by Gasteiger charge is 2.14. The maximum atomic E-state index is 12.3. The fourth-order valence-corrected chi connectivity index (χ4v) is 1.86. The van der Waals surface area contributed by atoms with Crippen molar-refractivity contribution in [3.8, 4) is 0 Å². The molecular formula is C14H19N5O. The lowest BCUT2D eigenvalue weighted by Crippen LogP contribution is -2.28. The molecule has 1 N–H and O–H groups in total. The van der Waals surface area contributed by atoms with E-state index < -0.39 is 0 Å².